The quantitative estimate of drug-likeness (QED) is 0.630. The first kappa shape index (κ1) is 19.9. The molecule has 1 aliphatic heterocycles. The van der Waals surface area contributed by atoms with Crippen molar-refractivity contribution >= 4 is 57.5 Å². The summed E-state index contributed by atoms with van der Waals surface area (Å²) in [5.41, 5.74) is 8.57. The van der Waals surface area contributed by atoms with Crippen LogP contribution in [0, 0.1) is 0 Å². The molecule has 1 aliphatic rings. The molecular weight excluding hydrogens is 427 g/mol. The molecule has 0 aliphatic carbocycles. The lowest BCUT2D eigenvalue weighted by atomic mass is 10.1. The van der Waals surface area contributed by atoms with Crippen LogP contribution in [-0.2, 0) is 0 Å². The fourth-order valence-corrected chi connectivity index (χ4v) is 3.29. The van der Waals surface area contributed by atoms with E-state index >= 15 is 0 Å². The van der Waals surface area contributed by atoms with Crippen LogP contribution in [0.5, 0.6) is 0 Å². The van der Waals surface area contributed by atoms with Crippen molar-refractivity contribution in [1.82, 2.24) is 20.2 Å². The lowest BCUT2D eigenvalue weighted by Gasteiger charge is -2.30. The van der Waals surface area contributed by atoms with Crippen molar-refractivity contribution in [2.45, 2.75) is 18.9 Å². The lowest BCUT2D eigenvalue weighted by Crippen LogP contribution is -2.40. The third-order valence-electron chi connectivity index (χ3n) is 4.25. The molecule has 2 aromatic heterocycles. The van der Waals surface area contributed by atoms with E-state index in [9.17, 15) is 0 Å². The maximum atomic E-state index is 5.98. The van der Waals surface area contributed by atoms with Crippen LogP contribution in [0.2, 0.25) is 0 Å². The molecule has 3 N–H and O–H groups in total. The molecule has 25 heavy (non-hydrogen) atoms. The third-order valence-corrected chi connectivity index (χ3v) is 4.75. The minimum Gasteiger partial charge on any atom is -0.355 e. The van der Waals surface area contributed by atoms with Crippen LogP contribution in [0.25, 0.3) is 22.3 Å². The summed E-state index contributed by atoms with van der Waals surface area (Å²) < 4.78 is 1.02. The predicted molar refractivity (Wildman–Crippen MR) is 109 cm³/mol. The summed E-state index contributed by atoms with van der Waals surface area (Å²) >= 11 is 3.51. The van der Waals surface area contributed by atoms with Crippen molar-refractivity contribution in [3.05, 3.63) is 35.1 Å². The molecule has 0 spiro atoms. The van der Waals surface area contributed by atoms with E-state index in [1.807, 2.05) is 24.4 Å². The second-order valence-electron chi connectivity index (χ2n) is 5.85. The number of rotatable bonds is 2. The highest BCUT2D eigenvalue weighted by Crippen LogP contribution is 2.28. The molecule has 6 nitrogen and oxygen atoms in total. The van der Waals surface area contributed by atoms with Crippen LogP contribution in [0.15, 0.2) is 35.1 Å². The van der Waals surface area contributed by atoms with Crippen LogP contribution >= 0.6 is 40.7 Å². The molecule has 0 saturated carbocycles. The Morgan fingerprint density at radius 3 is 2.68 bits per heavy atom. The van der Waals surface area contributed by atoms with Crippen molar-refractivity contribution in [2.75, 3.05) is 18.0 Å². The van der Waals surface area contributed by atoms with Crippen LogP contribution < -0.4 is 10.6 Å². The molecule has 134 valence electrons. The second kappa shape index (κ2) is 8.31. The molecule has 3 aromatic rings. The Morgan fingerprint density at radius 2 is 1.92 bits per heavy atom. The van der Waals surface area contributed by atoms with Crippen LogP contribution in [0.1, 0.15) is 12.8 Å². The van der Waals surface area contributed by atoms with Gasteiger partial charge in [0, 0.05) is 29.0 Å². The molecule has 0 unspecified atom stereocenters. The number of aromatic nitrogens is 4. The van der Waals surface area contributed by atoms with E-state index in [-0.39, 0.29) is 24.8 Å². The summed E-state index contributed by atoms with van der Waals surface area (Å²) in [6.45, 7) is 1.85. The topological polar surface area (TPSA) is 83.7 Å². The minimum atomic E-state index is 0. The van der Waals surface area contributed by atoms with Crippen molar-refractivity contribution in [3.63, 3.8) is 0 Å². The number of benzene rings is 1. The zero-order chi connectivity index (χ0) is 15.8. The average Bonchev–Trinajstić information content (AvgIpc) is 2.98. The van der Waals surface area contributed by atoms with Crippen molar-refractivity contribution in [1.29, 1.82) is 0 Å². The lowest BCUT2D eigenvalue weighted by molar-refractivity contribution is 0.498. The molecule has 1 saturated heterocycles. The van der Waals surface area contributed by atoms with Crippen LogP contribution in [0.3, 0.4) is 0 Å². The van der Waals surface area contributed by atoms with Gasteiger partial charge in [0.05, 0.1) is 17.9 Å². The zero-order valence-electron chi connectivity index (χ0n) is 13.4. The van der Waals surface area contributed by atoms with E-state index in [1.54, 1.807) is 6.20 Å². The van der Waals surface area contributed by atoms with Crippen molar-refractivity contribution in [2.24, 2.45) is 5.73 Å². The molecule has 3 heterocycles. The van der Waals surface area contributed by atoms with Gasteiger partial charge < -0.3 is 10.6 Å². The van der Waals surface area contributed by atoms with Gasteiger partial charge in [0.2, 0.25) is 0 Å². The Kier molecular flexibility index (Phi) is 6.62. The number of nitrogens with zero attached hydrogens (tertiary/aromatic N) is 4. The Morgan fingerprint density at radius 1 is 1.16 bits per heavy atom. The number of fused-ring (bicyclic) bond motifs is 1. The first-order chi connectivity index (χ1) is 11.2. The van der Waals surface area contributed by atoms with Crippen LogP contribution in [-0.4, -0.2) is 39.3 Å². The van der Waals surface area contributed by atoms with Crippen molar-refractivity contribution in [3.8, 4) is 11.4 Å². The first-order valence-electron chi connectivity index (χ1n) is 7.67. The van der Waals surface area contributed by atoms with Gasteiger partial charge >= 0.3 is 0 Å². The molecule has 0 atom stereocenters. The number of aromatic amines is 1. The first-order valence-corrected chi connectivity index (χ1v) is 8.46. The third kappa shape index (κ3) is 4.06. The molecule has 1 fully saturated rings. The SMILES string of the molecule is Cl.Cl.NC1CCN(c2cncc(-c3n[nH]c4ccc(Br)cc34)n2)CC1. The molecule has 0 radical (unpaired) electrons. The normalized spacial score (nSPS) is 14.9. The summed E-state index contributed by atoms with van der Waals surface area (Å²) in [6.07, 6.45) is 5.55. The fraction of sp³-hybridized carbons (Fsp3) is 0.312. The monoisotopic (exact) mass is 444 g/mol. The van der Waals surface area contributed by atoms with Gasteiger partial charge in [-0.25, -0.2) is 4.98 Å². The minimum absolute atomic E-state index is 0. The summed E-state index contributed by atoms with van der Waals surface area (Å²) in [7, 11) is 0. The largest absolute Gasteiger partial charge is 0.355 e. The second-order valence-corrected chi connectivity index (χ2v) is 6.76. The fourth-order valence-electron chi connectivity index (χ4n) is 2.93. The number of nitrogens with one attached hydrogen (secondary N) is 1. The van der Waals surface area contributed by atoms with Gasteiger partial charge in [0.25, 0.3) is 0 Å². The van der Waals surface area contributed by atoms with Gasteiger partial charge in [0.15, 0.2) is 0 Å². The van der Waals surface area contributed by atoms with Gasteiger partial charge in [-0.15, -0.1) is 24.8 Å². The predicted octanol–water partition coefficient (Wildman–Crippen LogP) is 3.55. The van der Waals surface area contributed by atoms with E-state index in [4.69, 9.17) is 10.7 Å². The van der Waals surface area contributed by atoms with Gasteiger partial charge in [-0.05, 0) is 31.0 Å². The van der Waals surface area contributed by atoms with E-state index in [1.165, 1.54) is 0 Å². The number of H-pyrrole nitrogens is 1. The van der Waals surface area contributed by atoms with Gasteiger partial charge in [-0.1, -0.05) is 15.9 Å². The van der Waals surface area contributed by atoms with E-state index < -0.39 is 0 Å². The number of nitrogens with two attached hydrogens (primary N) is 1. The number of anilines is 1. The highest BCUT2D eigenvalue weighted by molar-refractivity contribution is 9.10. The van der Waals surface area contributed by atoms with Gasteiger partial charge in [-0.3, -0.25) is 10.1 Å². The van der Waals surface area contributed by atoms with E-state index in [2.05, 4.69) is 36.0 Å². The zero-order valence-corrected chi connectivity index (χ0v) is 16.6. The van der Waals surface area contributed by atoms with Crippen LogP contribution in [0.4, 0.5) is 5.82 Å². The molecule has 1 aromatic carbocycles. The maximum Gasteiger partial charge on any atom is 0.147 e. The number of hydrogen-bond acceptors (Lipinski definition) is 5. The summed E-state index contributed by atoms with van der Waals surface area (Å²) in [5.74, 6) is 0.889. The number of hydrogen-bond donors (Lipinski definition) is 2. The smallest absolute Gasteiger partial charge is 0.147 e. The Hall–Kier alpha value is -1.41. The molecule has 9 heteroatoms. The van der Waals surface area contributed by atoms with E-state index in [0.717, 1.165) is 58.5 Å². The van der Waals surface area contributed by atoms with Gasteiger partial charge in [0.1, 0.15) is 17.2 Å². The Balaban J connectivity index is 0.00000113. The summed E-state index contributed by atoms with van der Waals surface area (Å²) in [5, 5.41) is 8.50. The Labute approximate surface area is 166 Å². The molecular formula is C16H19BrCl2N6. The molecule has 4 rings (SSSR count). The standard InChI is InChI=1S/C16H17BrN6.2ClH/c17-10-1-2-13-12(7-10)16(22-21-13)14-8-19-9-15(20-14)23-5-3-11(18)4-6-23;;/h1-2,7-9,11H,3-6,18H2,(H,21,22);2*1H. The molecule has 0 bridgehead atoms. The Bertz CT molecular complexity index is 848. The summed E-state index contributed by atoms with van der Waals surface area (Å²) in [6, 6.07) is 6.33. The maximum absolute atomic E-state index is 5.98. The highest BCUT2D eigenvalue weighted by Gasteiger charge is 2.19. The summed E-state index contributed by atoms with van der Waals surface area (Å²) in [4.78, 5) is 11.4. The van der Waals surface area contributed by atoms with E-state index in [0.29, 0.717) is 6.04 Å². The number of halogens is 3. The number of piperidine rings is 1. The average molecular weight is 446 g/mol. The highest BCUT2D eigenvalue weighted by atomic mass is 79.9. The van der Waals surface area contributed by atoms with Crippen molar-refractivity contribution < 1.29 is 0 Å². The van der Waals surface area contributed by atoms with Gasteiger partial charge in [-0.2, -0.15) is 5.10 Å². The molecule has 0 amide bonds.